The predicted octanol–water partition coefficient (Wildman–Crippen LogP) is 1.75. The Bertz CT molecular complexity index is 787. The number of rotatable bonds is 7. The summed E-state index contributed by atoms with van der Waals surface area (Å²) in [5.74, 6) is -0.354. The SMILES string of the molecule is COc1ccc(CC(C)(O)CNC(=O)C(=O)Nc2cccc(OC)c2)cc1. The number of carbonyl (C=O) groups is 2. The summed E-state index contributed by atoms with van der Waals surface area (Å²) in [5.41, 5.74) is 0.121. The second-order valence-electron chi connectivity index (χ2n) is 6.39. The number of nitrogens with one attached hydrogen (secondary N) is 2. The quantitative estimate of drug-likeness (QED) is 0.644. The molecule has 0 saturated heterocycles. The average molecular weight is 372 g/mol. The van der Waals surface area contributed by atoms with Gasteiger partial charge in [-0.25, -0.2) is 0 Å². The zero-order valence-corrected chi connectivity index (χ0v) is 15.6. The van der Waals surface area contributed by atoms with Crippen LogP contribution in [-0.4, -0.2) is 43.3 Å². The van der Waals surface area contributed by atoms with Crippen LogP contribution in [-0.2, 0) is 16.0 Å². The van der Waals surface area contributed by atoms with Crippen molar-refractivity contribution < 1.29 is 24.2 Å². The molecule has 0 aliphatic heterocycles. The number of benzene rings is 2. The molecule has 0 fully saturated rings. The molecule has 0 aromatic heterocycles. The fourth-order valence-corrected chi connectivity index (χ4v) is 2.49. The van der Waals surface area contributed by atoms with Gasteiger partial charge >= 0.3 is 11.8 Å². The molecule has 2 amide bonds. The fourth-order valence-electron chi connectivity index (χ4n) is 2.49. The Morgan fingerprint density at radius 1 is 1.00 bits per heavy atom. The van der Waals surface area contributed by atoms with Gasteiger partial charge in [-0.15, -0.1) is 0 Å². The Morgan fingerprint density at radius 3 is 2.30 bits per heavy atom. The number of hydrogen-bond acceptors (Lipinski definition) is 5. The van der Waals surface area contributed by atoms with Gasteiger partial charge < -0.3 is 25.2 Å². The standard InChI is InChI=1S/C20H24N2O5/c1-20(25,12-14-7-9-16(26-2)10-8-14)13-21-18(23)19(24)22-15-5-4-6-17(11-15)27-3/h4-11,25H,12-13H2,1-3H3,(H,21,23)(H,22,24). The average Bonchev–Trinajstić information content (AvgIpc) is 2.66. The van der Waals surface area contributed by atoms with Crippen molar-refractivity contribution >= 4 is 17.5 Å². The zero-order valence-electron chi connectivity index (χ0n) is 15.6. The number of methoxy groups -OCH3 is 2. The highest BCUT2D eigenvalue weighted by molar-refractivity contribution is 6.39. The molecule has 2 rings (SSSR count). The third-order valence-corrected chi connectivity index (χ3v) is 3.91. The number of carbonyl (C=O) groups excluding carboxylic acids is 2. The Kier molecular flexibility index (Phi) is 6.79. The molecule has 27 heavy (non-hydrogen) atoms. The van der Waals surface area contributed by atoms with E-state index in [1.807, 2.05) is 12.1 Å². The maximum atomic E-state index is 12.0. The number of ether oxygens (including phenoxy) is 2. The van der Waals surface area contributed by atoms with Crippen LogP contribution in [0.4, 0.5) is 5.69 Å². The number of aliphatic hydroxyl groups is 1. The predicted molar refractivity (Wildman–Crippen MR) is 102 cm³/mol. The van der Waals surface area contributed by atoms with Gasteiger partial charge in [0.05, 0.1) is 19.8 Å². The van der Waals surface area contributed by atoms with Gasteiger partial charge in [-0.3, -0.25) is 9.59 Å². The summed E-state index contributed by atoms with van der Waals surface area (Å²) < 4.78 is 10.2. The van der Waals surface area contributed by atoms with E-state index < -0.39 is 17.4 Å². The molecular weight excluding hydrogens is 348 g/mol. The summed E-state index contributed by atoms with van der Waals surface area (Å²) in [6.07, 6.45) is 0.314. The summed E-state index contributed by atoms with van der Waals surface area (Å²) in [7, 11) is 3.09. The van der Waals surface area contributed by atoms with E-state index in [2.05, 4.69) is 10.6 Å². The van der Waals surface area contributed by atoms with Crippen molar-refractivity contribution in [2.75, 3.05) is 26.1 Å². The van der Waals surface area contributed by atoms with E-state index in [4.69, 9.17) is 9.47 Å². The van der Waals surface area contributed by atoms with Crippen LogP contribution < -0.4 is 20.1 Å². The van der Waals surface area contributed by atoms with E-state index in [1.165, 1.54) is 7.11 Å². The summed E-state index contributed by atoms with van der Waals surface area (Å²) in [6.45, 7) is 1.53. The van der Waals surface area contributed by atoms with Gasteiger partial charge in [0.2, 0.25) is 0 Å². The maximum absolute atomic E-state index is 12.0. The van der Waals surface area contributed by atoms with Crippen molar-refractivity contribution in [2.45, 2.75) is 18.9 Å². The number of hydrogen-bond donors (Lipinski definition) is 3. The van der Waals surface area contributed by atoms with Crippen LogP contribution in [0, 0.1) is 0 Å². The minimum atomic E-state index is -1.21. The monoisotopic (exact) mass is 372 g/mol. The normalized spacial score (nSPS) is 12.6. The molecule has 2 aromatic rings. The van der Waals surface area contributed by atoms with Crippen molar-refractivity contribution in [3.8, 4) is 11.5 Å². The van der Waals surface area contributed by atoms with E-state index in [9.17, 15) is 14.7 Å². The van der Waals surface area contributed by atoms with E-state index >= 15 is 0 Å². The summed E-state index contributed by atoms with van der Waals surface area (Å²) in [5, 5.41) is 15.4. The van der Waals surface area contributed by atoms with Crippen molar-refractivity contribution in [1.29, 1.82) is 0 Å². The molecular formula is C20H24N2O5. The van der Waals surface area contributed by atoms with Crippen LogP contribution >= 0.6 is 0 Å². The number of amides is 2. The van der Waals surface area contributed by atoms with Gasteiger partial charge in [0, 0.05) is 24.7 Å². The first-order valence-corrected chi connectivity index (χ1v) is 8.41. The molecule has 0 bridgehead atoms. The first-order chi connectivity index (χ1) is 12.8. The highest BCUT2D eigenvalue weighted by Crippen LogP contribution is 2.17. The second-order valence-corrected chi connectivity index (χ2v) is 6.39. The van der Waals surface area contributed by atoms with Gasteiger partial charge in [-0.2, -0.15) is 0 Å². The lowest BCUT2D eigenvalue weighted by Gasteiger charge is -2.23. The topological polar surface area (TPSA) is 96.9 Å². The van der Waals surface area contributed by atoms with Crippen LogP contribution in [0.2, 0.25) is 0 Å². The third-order valence-electron chi connectivity index (χ3n) is 3.91. The molecule has 7 nitrogen and oxygen atoms in total. The molecule has 144 valence electrons. The Balaban J connectivity index is 1.87. The first kappa shape index (κ1) is 20.3. The molecule has 1 atom stereocenters. The van der Waals surface area contributed by atoms with E-state index in [-0.39, 0.29) is 6.54 Å². The molecule has 2 aromatic carbocycles. The largest absolute Gasteiger partial charge is 0.497 e. The molecule has 0 radical (unpaired) electrons. The molecule has 0 spiro atoms. The Hall–Kier alpha value is -3.06. The molecule has 0 aliphatic carbocycles. The first-order valence-electron chi connectivity index (χ1n) is 8.41. The molecule has 0 heterocycles. The lowest BCUT2D eigenvalue weighted by Crippen LogP contribution is -2.45. The third kappa shape index (κ3) is 6.31. The molecule has 0 aliphatic rings. The van der Waals surface area contributed by atoms with Crippen molar-refractivity contribution in [1.82, 2.24) is 5.32 Å². The molecule has 1 unspecified atom stereocenters. The van der Waals surface area contributed by atoms with Crippen molar-refractivity contribution in [3.63, 3.8) is 0 Å². The van der Waals surface area contributed by atoms with Crippen LogP contribution in [0.3, 0.4) is 0 Å². The lowest BCUT2D eigenvalue weighted by atomic mass is 9.96. The van der Waals surface area contributed by atoms with Gasteiger partial charge in [0.15, 0.2) is 0 Å². The summed E-state index contributed by atoms with van der Waals surface area (Å²) in [4.78, 5) is 24.0. The van der Waals surface area contributed by atoms with Crippen molar-refractivity contribution in [2.24, 2.45) is 0 Å². The molecule has 3 N–H and O–H groups in total. The zero-order chi connectivity index (χ0) is 19.9. The maximum Gasteiger partial charge on any atom is 0.313 e. The highest BCUT2D eigenvalue weighted by Gasteiger charge is 2.24. The van der Waals surface area contributed by atoms with Crippen molar-refractivity contribution in [3.05, 3.63) is 54.1 Å². The minimum absolute atomic E-state index is 0.0661. The number of anilines is 1. The minimum Gasteiger partial charge on any atom is -0.497 e. The van der Waals surface area contributed by atoms with Gasteiger partial charge in [0.25, 0.3) is 0 Å². The van der Waals surface area contributed by atoms with E-state index in [1.54, 1.807) is 50.4 Å². The van der Waals surface area contributed by atoms with Crippen LogP contribution in [0.25, 0.3) is 0 Å². The summed E-state index contributed by atoms with van der Waals surface area (Å²) in [6, 6.07) is 13.9. The fraction of sp³-hybridized carbons (Fsp3) is 0.300. The van der Waals surface area contributed by atoms with Crippen LogP contribution in [0.1, 0.15) is 12.5 Å². The van der Waals surface area contributed by atoms with Crippen LogP contribution in [0.5, 0.6) is 11.5 Å². The Labute approximate surface area is 158 Å². The molecule has 0 saturated carbocycles. The van der Waals surface area contributed by atoms with E-state index in [0.29, 0.717) is 17.9 Å². The summed E-state index contributed by atoms with van der Waals surface area (Å²) >= 11 is 0. The van der Waals surface area contributed by atoms with Gasteiger partial charge in [0.1, 0.15) is 11.5 Å². The van der Waals surface area contributed by atoms with E-state index in [0.717, 1.165) is 11.3 Å². The smallest absolute Gasteiger partial charge is 0.313 e. The van der Waals surface area contributed by atoms with Gasteiger partial charge in [-0.1, -0.05) is 18.2 Å². The Morgan fingerprint density at radius 2 is 1.67 bits per heavy atom. The molecule has 7 heteroatoms. The highest BCUT2D eigenvalue weighted by atomic mass is 16.5. The second kappa shape index (κ2) is 9.05. The lowest BCUT2D eigenvalue weighted by molar-refractivity contribution is -0.136. The van der Waals surface area contributed by atoms with Gasteiger partial charge in [-0.05, 0) is 36.8 Å². The van der Waals surface area contributed by atoms with Crippen LogP contribution in [0.15, 0.2) is 48.5 Å².